The fraction of sp³-hybridized carbons (Fsp3) is 0.455. The van der Waals surface area contributed by atoms with Crippen LogP contribution in [0.4, 0.5) is 0 Å². The Balaban J connectivity index is 2.40. The van der Waals surface area contributed by atoms with Gasteiger partial charge in [0.25, 0.3) is 0 Å². The van der Waals surface area contributed by atoms with Gasteiger partial charge in [-0.1, -0.05) is 28.1 Å². The summed E-state index contributed by atoms with van der Waals surface area (Å²) in [5, 5.41) is 13.5. The molecule has 1 atom stereocenters. The molecule has 1 heterocycles. The van der Waals surface area contributed by atoms with Crippen LogP contribution < -0.4 is 5.32 Å². The van der Waals surface area contributed by atoms with E-state index in [4.69, 9.17) is 0 Å². The van der Waals surface area contributed by atoms with E-state index in [1.54, 1.807) is 0 Å². The first-order valence-electron chi connectivity index (χ1n) is 4.81. The van der Waals surface area contributed by atoms with Crippen LogP contribution in [-0.4, -0.2) is 18.2 Å². The van der Waals surface area contributed by atoms with Crippen molar-refractivity contribution >= 4 is 15.9 Å². The van der Waals surface area contributed by atoms with Crippen molar-refractivity contribution in [2.45, 2.75) is 18.9 Å². The van der Waals surface area contributed by atoms with E-state index in [0.29, 0.717) is 6.54 Å². The molecule has 0 spiro atoms. The van der Waals surface area contributed by atoms with Gasteiger partial charge in [-0.05, 0) is 37.1 Å². The van der Waals surface area contributed by atoms with Gasteiger partial charge < -0.3 is 10.4 Å². The second-order valence-corrected chi connectivity index (χ2v) is 4.80. The summed E-state index contributed by atoms with van der Waals surface area (Å²) in [5.41, 5.74) is 1.51. The number of nitrogens with one attached hydrogen (secondary N) is 1. The summed E-state index contributed by atoms with van der Waals surface area (Å²) in [4.78, 5) is 0. The predicted molar refractivity (Wildman–Crippen MR) is 60.3 cm³/mol. The molecular weight excluding hydrogens is 242 g/mol. The van der Waals surface area contributed by atoms with E-state index in [1.165, 1.54) is 5.56 Å². The Kier molecular flexibility index (Phi) is 2.64. The number of aliphatic hydroxyl groups is 1. The van der Waals surface area contributed by atoms with Gasteiger partial charge in [0.15, 0.2) is 0 Å². The van der Waals surface area contributed by atoms with Crippen LogP contribution in [0.2, 0.25) is 0 Å². The van der Waals surface area contributed by atoms with Crippen LogP contribution >= 0.6 is 15.9 Å². The summed E-state index contributed by atoms with van der Waals surface area (Å²) in [7, 11) is 0. The molecular formula is C11H14BrNO. The Morgan fingerprint density at radius 1 is 1.50 bits per heavy atom. The molecule has 1 unspecified atom stereocenters. The maximum Gasteiger partial charge on any atom is 0.104 e. The minimum absolute atomic E-state index is 0.647. The minimum atomic E-state index is -0.688. The van der Waals surface area contributed by atoms with Crippen molar-refractivity contribution in [1.29, 1.82) is 0 Å². The average Bonchev–Trinajstić information content (AvgIpc) is 2.52. The number of hydrogen-bond donors (Lipinski definition) is 2. The molecule has 76 valence electrons. The molecule has 1 aliphatic rings. The highest BCUT2D eigenvalue weighted by Gasteiger charge is 2.34. The third-order valence-corrected chi connectivity index (χ3v) is 3.41. The van der Waals surface area contributed by atoms with Crippen LogP contribution in [0.15, 0.2) is 22.7 Å². The largest absolute Gasteiger partial charge is 0.384 e. The molecule has 3 heteroatoms. The van der Waals surface area contributed by atoms with Gasteiger partial charge in [-0.3, -0.25) is 0 Å². The van der Waals surface area contributed by atoms with Gasteiger partial charge in [0, 0.05) is 11.0 Å². The van der Waals surface area contributed by atoms with Gasteiger partial charge in [0.05, 0.1) is 0 Å². The molecule has 1 aromatic rings. The van der Waals surface area contributed by atoms with Crippen molar-refractivity contribution in [1.82, 2.24) is 5.32 Å². The molecule has 0 saturated carbocycles. The first-order valence-corrected chi connectivity index (χ1v) is 5.61. The zero-order valence-electron chi connectivity index (χ0n) is 8.18. The van der Waals surface area contributed by atoms with Crippen LogP contribution in [0.5, 0.6) is 0 Å². The smallest absolute Gasteiger partial charge is 0.104 e. The first kappa shape index (κ1) is 10.1. The summed E-state index contributed by atoms with van der Waals surface area (Å²) in [6, 6.07) is 6.09. The zero-order chi connectivity index (χ0) is 10.2. The average molecular weight is 256 g/mol. The third-order valence-electron chi connectivity index (χ3n) is 2.76. The minimum Gasteiger partial charge on any atom is -0.384 e. The molecule has 1 fully saturated rings. The third kappa shape index (κ3) is 1.72. The maximum atomic E-state index is 10.3. The molecule has 2 N–H and O–H groups in total. The highest BCUT2D eigenvalue weighted by molar-refractivity contribution is 9.10. The van der Waals surface area contributed by atoms with Gasteiger partial charge in [-0.15, -0.1) is 0 Å². The fourth-order valence-electron chi connectivity index (χ4n) is 1.91. The van der Waals surface area contributed by atoms with Crippen molar-refractivity contribution in [2.24, 2.45) is 0 Å². The van der Waals surface area contributed by atoms with Crippen LogP contribution in [-0.2, 0) is 5.60 Å². The monoisotopic (exact) mass is 255 g/mol. The zero-order valence-corrected chi connectivity index (χ0v) is 9.76. The second-order valence-electron chi connectivity index (χ2n) is 3.94. The quantitative estimate of drug-likeness (QED) is 0.804. The Morgan fingerprint density at radius 3 is 2.86 bits per heavy atom. The molecule has 0 bridgehead atoms. The number of hydrogen-bond acceptors (Lipinski definition) is 2. The van der Waals surface area contributed by atoms with Crippen LogP contribution in [0.25, 0.3) is 0 Å². The topological polar surface area (TPSA) is 32.3 Å². The van der Waals surface area contributed by atoms with Gasteiger partial charge in [0.2, 0.25) is 0 Å². The number of benzene rings is 1. The molecule has 0 radical (unpaired) electrons. The lowest BCUT2D eigenvalue weighted by atomic mass is 9.92. The van der Waals surface area contributed by atoms with Crippen molar-refractivity contribution in [3.05, 3.63) is 33.8 Å². The van der Waals surface area contributed by atoms with Crippen molar-refractivity contribution < 1.29 is 5.11 Å². The summed E-state index contributed by atoms with van der Waals surface area (Å²) >= 11 is 3.50. The highest BCUT2D eigenvalue weighted by Crippen LogP contribution is 2.33. The Morgan fingerprint density at radius 2 is 2.29 bits per heavy atom. The van der Waals surface area contributed by atoms with Crippen LogP contribution in [0, 0.1) is 6.92 Å². The second kappa shape index (κ2) is 3.65. The molecule has 0 aromatic heterocycles. The van der Waals surface area contributed by atoms with E-state index >= 15 is 0 Å². The molecule has 0 amide bonds. The summed E-state index contributed by atoms with van der Waals surface area (Å²) in [6.07, 6.45) is 0.786. The van der Waals surface area contributed by atoms with Crippen LogP contribution in [0.3, 0.4) is 0 Å². The van der Waals surface area contributed by atoms with Gasteiger partial charge in [-0.2, -0.15) is 0 Å². The summed E-state index contributed by atoms with van der Waals surface area (Å²) < 4.78 is 1.00. The summed E-state index contributed by atoms with van der Waals surface area (Å²) in [6.45, 7) is 3.58. The predicted octanol–water partition coefficient (Wildman–Crippen LogP) is 1.94. The standard InChI is InChI=1S/C11H14BrNO/c1-8-2-3-9(10(12)6-8)11(14)4-5-13-7-11/h2-3,6,13-14H,4-5,7H2,1H3. The highest BCUT2D eigenvalue weighted by atomic mass is 79.9. The molecule has 2 rings (SSSR count). The van der Waals surface area contributed by atoms with E-state index in [-0.39, 0.29) is 0 Å². The Labute approximate surface area is 92.5 Å². The summed E-state index contributed by atoms with van der Waals surface area (Å²) in [5.74, 6) is 0. The maximum absolute atomic E-state index is 10.3. The number of halogens is 1. The van der Waals surface area contributed by atoms with E-state index in [1.807, 2.05) is 25.1 Å². The van der Waals surface area contributed by atoms with Crippen molar-refractivity contribution in [3.8, 4) is 0 Å². The van der Waals surface area contributed by atoms with E-state index in [2.05, 4.69) is 21.2 Å². The molecule has 1 aliphatic heterocycles. The molecule has 1 saturated heterocycles. The molecule has 1 aromatic carbocycles. The lowest BCUT2D eigenvalue weighted by Gasteiger charge is -2.23. The van der Waals surface area contributed by atoms with E-state index < -0.39 is 5.60 Å². The fourth-order valence-corrected chi connectivity index (χ4v) is 2.77. The van der Waals surface area contributed by atoms with Crippen LogP contribution in [0.1, 0.15) is 17.5 Å². The molecule has 2 nitrogen and oxygen atoms in total. The van der Waals surface area contributed by atoms with E-state index in [9.17, 15) is 5.11 Å². The number of β-amino-alcohol motifs (C(OH)–C–C–N with tert-alkyl or cyclic N) is 1. The van der Waals surface area contributed by atoms with E-state index in [0.717, 1.165) is 23.0 Å². The van der Waals surface area contributed by atoms with Gasteiger partial charge >= 0.3 is 0 Å². The normalized spacial score (nSPS) is 26.8. The Hall–Kier alpha value is -0.380. The lowest BCUT2D eigenvalue weighted by molar-refractivity contribution is 0.0580. The van der Waals surface area contributed by atoms with Gasteiger partial charge in [-0.25, -0.2) is 0 Å². The number of rotatable bonds is 1. The molecule has 0 aliphatic carbocycles. The first-order chi connectivity index (χ1) is 6.62. The van der Waals surface area contributed by atoms with Crippen molar-refractivity contribution in [2.75, 3.05) is 13.1 Å². The van der Waals surface area contributed by atoms with Crippen molar-refractivity contribution in [3.63, 3.8) is 0 Å². The molecule has 14 heavy (non-hydrogen) atoms. The van der Waals surface area contributed by atoms with Gasteiger partial charge in [0.1, 0.15) is 5.60 Å². The number of aryl methyl sites for hydroxylation is 1. The SMILES string of the molecule is Cc1ccc(C2(O)CCNC2)c(Br)c1. The lowest BCUT2D eigenvalue weighted by Crippen LogP contribution is -2.28. The Bertz CT molecular complexity index is 345.